The first-order valence-electron chi connectivity index (χ1n) is 4.65. The van der Waals surface area contributed by atoms with Crippen molar-refractivity contribution in [3.63, 3.8) is 0 Å². The summed E-state index contributed by atoms with van der Waals surface area (Å²) in [7, 11) is 0. The van der Waals surface area contributed by atoms with Crippen LogP contribution in [-0.4, -0.2) is 0 Å². The van der Waals surface area contributed by atoms with Crippen molar-refractivity contribution in [2.75, 3.05) is 0 Å². The third kappa shape index (κ3) is 1.17. The Hall–Kier alpha value is -1.50. The molecule has 0 aliphatic heterocycles. The maximum Gasteiger partial charge on any atom is 0.156 e. The minimum atomic E-state index is -0.838. The zero-order valence-corrected chi connectivity index (χ0v) is 9.05. The van der Waals surface area contributed by atoms with Gasteiger partial charge in [-0.2, -0.15) is 10.5 Å². The number of nitriles is 2. The summed E-state index contributed by atoms with van der Waals surface area (Å²) in [6.07, 6.45) is 1.86. The van der Waals surface area contributed by atoms with Crippen molar-refractivity contribution < 1.29 is 0 Å². The predicted molar refractivity (Wildman–Crippen MR) is 53.9 cm³/mol. The lowest BCUT2D eigenvalue weighted by Crippen LogP contribution is -2.01. The van der Waals surface area contributed by atoms with Gasteiger partial charge in [-0.3, -0.25) is 0 Å². The smallest absolute Gasteiger partial charge is 0.156 e. The Balaban J connectivity index is 3.06. The Morgan fingerprint density at radius 1 is 1.21 bits per heavy atom. The summed E-state index contributed by atoms with van der Waals surface area (Å²) in [5, 5.41) is 18.0. The fraction of sp³-hybridized carbons (Fsp3) is 0.583. The lowest BCUT2D eigenvalue weighted by molar-refractivity contribution is 0.549. The Kier molecular flexibility index (Phi) is 2.28. The molecule has 2 nitrogen and oxygen atoms in total. The van der Waals surface area contributed by atoms with Gasteiger partial charge in [0.1, 0.15) is 0 Å². The van der Waals surface area contributed by atoms with E-state index < -0.39 is 5.41 Å². The van der Waals surface area contributed by atoms with Crippen LogP contribution < -0.4 is 0 Å². The van der Waals surface area contributed by atoms with Crippen molar-refractivity contribution >= 4 is 0 Å². The van der Waals surface area contributed by atoms with Crippen LogP contribution in [0.5, 0.6) is 0 Å². The van der Waals surface area contributed by atoms with Crippen LogP contribution >= 0.6 is 0 Å². The van der Waals surface area contributed by atoms with Crippen molar-refractivity contribution in [2.45, 2.75) is 27.7 Å². The normalized spacial score (nSPS) is 25.1. The summed E-state index contributed by atoms with van der Waals surface area (Å²) >= 11 is 0. The Morgan fingerprint density at radius 3 is 2.00 bits per heavy atom. The van der Waals surface area contributed by atoms with Crippen molar-refractivity contribution in [1.29, 1.82) is 10.5 Å². The van der Waals surface area contributed by atoms with E-state index in [1.165, 1.54) is 0 Å². The first-order valence-corrected chi connectivity index (χ1v) is 4.65. The summed E-state index contributed by atoms with van der Waals surface area (Å²) < 4.78 is 0. The zero-order chi connectivity index (χ0) is 11.0. The highest BCUT2D eigenvalue weighted by Crippen LogP contribution is 2.68. The number of hydrogen-bond donors (Lipinski definition) is 0. The largest absolute Gasteiger partial charge is 0.197 e. The number of nitrogens with zero attached hydrogens (tertiary/aromatic N) is 2. The molecule has 0 saturated heterocycles. The maximum absolute atomic E-state index is 9.00. The summed E-state index contributed by atoms with van der Waals surface area (Å²) in [6.45, 7) is 7.80. The summed E-state index contributed by atoms with van der Waals surface area (Å²) in [5.41, 5.74) is 3.07. The van der Waals surface area contributed by atoms with E-state index in [9.17, 15) is 0 Å². The fourth-order valence-corrected chi connectivity index (χ4v) is 1.84. The van der Waals surface area contributed by atoms with Gasteiger partial charge in [0.05, 0.1) is 12.1 Å². The van der Waals surface area contributed by atoms with Gasteiger partial charge in [0.15, 0.2) is 5.41 Å². The zero-order valence-electron chi connectivity index (χ0n) is 9.05. The fourth-order valence-electron chi connectivity index (χ4n) is 1.84. The van der Waals surface area contributed by atoms with E-state index in [2.05, 4.69) is 17.9 Å². The first-order chi connectivity index (χ1) is 6.42. The third-order valence-corrected chi connectivity index (χ3v) is 3.07. The highest BCUT2D eigenvalue weighted by atomic mass is 14.7. The topological polar surface area (TPSA) is 47.6 Å². The molecule has 0 aromatic heterocycles. The molecule has 2 heteroatoms. The molecule has 1 aliphatic rings. The Bertz CT molecular complexity index is 377. The van der Waals surface area contributed by atoms with E-state index >= 15 is 0 Å². The van der Waals surface area contributed by atoms with Gasteiger partial charge in [-0.15, -0.1) is 5.73 Å². The summed E-state index contributed by atoms with van der Waals surface area (Å²) in [5.74, 6) is 0.0138. The van der Waals surface area contributed by atoms with E-state index in [0.29, 0.717) is 0 Å². The monoisotopic (exact) mass is 186 g/mol. The van der Waals surface area contributed by atoms with E-state index in [0.717, 1.165) is 5.57 Å². The van der Waals surface area contributed by atoms with Gasteiger partial charge in [-0.1, -0.05) is 13.8 Å². The molecule has 0 aromatic carbocycles. The second-order valence-electron chi connectivity index (χ2n) is 4.54. The molecule has 0 heterocycles. The molecule has 1 rings (SSSR count). The molecule has 14 heavy (non-hydrogen) atoms. The van der Waals surface area contributed by atoms with Crippen LogP contribution in [0.3, 0.4) is 0 Å². The summed E-state index contributed by atoms with van der Waals surface area (Å²) in [6, 6.07) is 4.25. The SMILES string of the molecule is CC(C)=C=CC1C(C)(C)C1(C#N)C#N. The lowest BCUT2D eigenvalue weighted by Gasteiger charge is -1.98. The second-order valence-corrected chi connectivity index (χ2v) is 4.54. The molecule has 1 fully saturated rings. The third-order valence-electron chi connectivity index (χ3n) is 3.07. The van der Waals surface area contributed by atoms with Gasteiger partial charge in [0, 0.05) is 11.3 Å². The van der Waals surface area contributed by atoms with Gasteiger partial charge in [0.2, 0.25) is 0 Å². The highest BCUT2D eigenvalue weighted by molar-refractivity contribution is 5.40. The molecule has 0 amide bonds. The Morgan fingerprint density at radius 2 is 1.71 bits per heavy atom. The van der Waals surface area contributed by atoms with Gasteiger partial charge >= 0.3 is 0 Å². The minimum Gasteiger partial charge on any atom is -0.197 e. The lowest BCUT2D eigenvalue weighted by atomic mass is 10.00. The molecule has 1 atom stereocenters. The van der Waals surface area contributed by atoms with Crippen LogP contribution in [0.1, 0.15) is 27.7 Å². The summed E-state index contributed by atoms with van der Waals surface area (Å²) in [4.78, 5) is 0. The molecule has 72 valence electrons. The molecule has 0 N–H and O–H groups in total. The van der Waals surface area contributed by atoms with Crippen molar-refractivity contribution in [1.82, 2.24) is 0 Å². The van der Waals surface area contributed by atoms with Crippen LogP contribution in [0.25, 0.3) is 0 Å². The van der Waals surface area contributed by atoms with Crippen LogP contribution in [0, 0.1) is 39.4 Å². The molecule has 0 spiro atoms. The number of allylic oxidation sites excluding steroid dienone is 1. The quantitative estimate of drug-likeness (QED) is 0.591. The average molecular weight is 186 g/mol. The van der Waals surface area contributed by atoms with E-state index in [1.807, 2.05) is 33.8 Å². The van der Waals surface area contributed by atoms with Crippen molar-refractivity contribution in [3.8, 4) is 12.1 Å². The van der Waals surface area contributed by atoms with Gasteiger partial charge in [-0.05, 0) is 25.5 Å². The number of rotatable bonds is 1. The van der Waals surface area contributed by atoms with Gasteiger partial charge in [0.25, 0.3) is 0 Å². The molecule has 1 unspecified atom stereocenters. The average Bonchev–Trinajstić information content (AvgIpc) is 2.58. The van der Waals surface area contributed by atoms with E-state index in [-0.39, 0.29) is 11.3 Å². The van der Waals surface area contributed by atoms with Crippen molar-refractivity contribution in [3.05, 3.63) is 17.4 Å². The van der Waals surface area contributed by atoms with Crippen LogP contribution in [0.2, 0.25) is 0 Å². The van der Waals surface area contributed by atoms with Crippen LogP contribution in [0.15, 0.2) is 17.4 Å². The molecule has 0 bridgehead atoms. The number of hydrogen-bond acceptors (Lipinski definition) is 2. The highest BCUT2D eigenvalue weighted by Gasteiger charge is 2.72. The molecule has 0 radical (unpaired) electrons. The standard InChI is InChI=1S/C12H14N2/c1-9(2)5-6-10-11(3,4)12(10,7-13)8-14/h6,10H,1-4H3. The predicted octanol–water partition coefficient (Wildman–Crippen LogP) is 2.80. The van der Waals surface area contributed by atoms with E-state index in [1.54, 1.807) is 0 Å². The molecule has 1 saturated carbocycles. The molecular formula is C12H14N2. The molecule has 0 aromatic rings. The minimum absolute atomic E-state index is 0.0138. The first kappa shape index (κ1) is 10.6. The van der Waals surface area contributed by atoms with Crippen molar-refractivity contribution in [2.24, 2.45) is 16.7 Å². The van der Waals surface area contributed by atoms with E-state index in [4.69, 9.17) is 10.5 Å². The second kappa shape index (κ2) is 3.02. The van der Waals surface area contributed by atoms with Gasteiger partial charge in [-0.25, -0.2) is 0 Å². The van der Waals surface area contributed by atoms with Crippen LogP contribution in [-0.2, 0) is 0 Å². The van der Waals surface area contributed by atoms with Gasteiger partial charge < -0.3 is 0 Å². The maximum atomic E-state index is 9.00. The molecular weight excluding hydrogens is 172 g/mol. The Labute approximate surface area is 85.2 Å². The van der Waals surface area contributed by atoms with Crippen LogP contribution in [0.4, 0.5) is 0 Å². The molecule has 1 aliphatic carbocycles.